The number of hydrogen-bond donors (Lipinski definition) is 1. The van der Waals surface area contributed by atoms with E-state index >= 15 is 0 Å². The van der Waals surface area contributed by atoms with Crippen LogP contribution in [0.15, 0.2) is 47.3 Å². The lowest BCUT2D eigenvalue weighted by atomic mass is 9.90. The number of aryl methyl sites for hydroxylation is 3. The number of nitrogens with one attached hydrogen (secondary N) is 1. The molecule has 0 unspecified atom stereocenters. The largest absolute Gasteiger partial charge is 0.294 e. The first kappa shape index (κ1) is 21.6. The molecular formula is C25H25N3O4. The number of nitrogens with zero attached hydrogens (tertiary/aromatic N) is 2. The number of carbonyl (C=O) groups excluding carboxylic acids is 3. The highest BCUT2D eigenvalue weighted by molar-refractivity contribution is 6.01. The predicted octanol–water partition coefficient (Wildman–Crippen LogP) is 2.98. The molecule has 1 atom stereocenters. The Morgan fingerprint density at radius 2 is 1.91 bits per heavy atom. The van der Waals surface area contributed by atoms with Crippen LogP contribution in [-0.4, -0.2) is 27.1 Å². The van der Waals surface area contributed by atoms with Gasteiger partial charge in [0.15, 0.2) is 5.78 Å². The maximum Gasteiger partial charge on any atom is 0.262 e. The van der Waals surface area contributed by atoms with E-state index in [1.54, 1.807) is 26.0 Å². The highest BCUT2D eigenvalue weighted by Crippen LogP contribution is 2.27. The van der Waals surface area contributed by atoms with Gasteiger partial charge in [-0.05, 0) is 57.4 Å². The molecule has 1 aliphatic heterocycles. The Labute approximate surface area is 185 Å². The Hall–Kier alpha value is -3.61. The summed E-state index contributed by atoms with van der Waals surface area (Å²) in [6, 6.07) is 12.9. The molecule has 0 spiro atoms. The fourth-order valence-corrected chi connectivity index (χ4v) is 4.31. The molecule has 2 heterocycles. The molecule has 7 heteroatoms. The van der Waals surface area contributed by atoms with Crippen LogP contribution in [-0.2, 0) is 21.5 Å². The van der Waals surface area contributed by atoms with Crippen molar-refractivity contribution in [2.45, 2.75) is 52.0 Å². The average Bonchev–Trinajstić information content (AvgIpc) is 2.75. The number of amides is 2. The SMILES string of the molecule is Cc1cccc(C(=O)CCc2ccc3nc(C)n([C@]4(C)CCC(=O)NC4=O)c(=O)c3c2)c1. The van der Waals surface area contributed by atoms with Crippen molar-refractivity contribution in [3.05, 3.63) is 75.3 Å². The number of Topliss-reactive ketones (excluding diaryl/α,β-unsaturated/α-hetero) is 1. The first-order valence-electron chi connectivity index (χ1n) is 10.7. The molecule has 1 fully saturated rings. The lowest BCUT2D eigenvalue weighted by Crippen LogP contribution is -2.56. The van der Waals surface area contributed by atoms with Crippen molar-refractivity contribution in [3.8, 4) is 0 Å². The molecule has 1 aliphatic rings. The Bertz CT molecular complexity index is 1320. The van der Waals surface area contributed by atoms with Crippen molar-refractivity contribution < 1.29 is 14.4 Å². The standard InChI is InChI=1S/C25H25N3O4/c1-15-5-4-6-18(13-15)21(29)10-8-17-7-9-20-19(14-17)23(31)28(16(2)26-20)25(3)12-11-22(30)27-24(25)32/h4-7,9,13-14H,8,10-12H2,1-3H3,(H,27,30,32)/t25-/m1/s1. The summed E-state index contributed by atoms with van der Waals surface area (Å²) < 4.78 is 1.39. The molecule has 4 rings (SSSR count). The molecule has 2 aromatic carbocycles. The van der Waals surface area contributed by atoms with Crippen LogP contribution in [0, 0.1) is 13.8 Å². The van der Waals surface area contributed by atoms with Crippen molar-refractivity contribution >= 4 is 28.5 Å². The van der Waals surface area contributed by atoms with Crippen LogP contribution in [0.25, 0.3) is 10.9 Å². The van der Waals surface area contributed by atoms with Crippen molar-refractivity contribution in [1.29, 1.82) is 0 Å². The third kappa shape index (κ3) is 3.86. The number of carbonyl (C=O) groups is 3. The quantitative estimate of drug-likeness (QED) is 0.495. The molecule has 0 saturated carbocycles. The van der Waals surface area contributed by atoms with Gasteiger partial charge in [-0.3, -0.25) is 29.1 Å². The van der Waals surface area contributed by atoms with E-state index < -0.39 is 11.4 Å². The molecule has 7 nitrogen and oxygen atoms in total. The van der Waals surface area contributed by atoms with Gasteiger partial charge in [-0.25, -0.2) is 4.98 Å². The summed E-state index contributed by atoms with van der Waals surface area (Å²) in [6.45, 7) is 5.29. The van der Waals surface area contributed by atoms with E-state index in [4.69, 9.17) is 0 Å². The third-order valence-corrected chi connectivity index (χ3v) is 6.16. The van der Waals surface area contributed by atoms with Gasteiger partial charge in [0, 0.05) is 18.4 Å². The Kier molecular flexibility index (Phi) is 5.50. The van der Waals surface area contributed by atoms with E-state index in [2.05, 4.69) is 10.3 Å². The number of hydrogen-bond acceptors (Lipinski definition) is 5. The maximum absolute atomic E-state index is 13.4. The minimum absolute atomic E-state index is 0.0456. The van der Waals surface area contributed by atoms with Gasteiger partial charge in [0.25, 0.3) is 11.5 Å². The highest BCUT2D eigenvalue weighted by Gasteiger charge is 2.42. The molecule has 32 heavy (non-hydrogen) atoms. The Morgan fingerprint density at radius 1 is 1.12 bits per heavy atom. The zero-order chi connectivity index (χ0) is 23.0. The minimum atomic E-state index is -1.19. The van der Waals surface area contributed by atoms with E-state index in [9.17, 15) is 19.2 Å². The summed E-state index contributed by atoms with van der Waals surface area (Å²) in [5.74, 6) is -0.381. The van der Waals surface area contributed by atoms with Gasteiger partial charge in [0.05, 0.1) is 10.9 Å². The van der Waals surface area contributed by atoms with Gasteiger partial charge in [-0.1, -0.05) is 29.8 Å². The molecule has 164 valence electrons. The molecular weight excluding hydrogens is 406 g/mol. The summed E-state index contributed by atoms with van der Waals surface area (Å²) in [5, 5.41) is 2.72. The van der Waals surface area contributed by atoms with Gasteiger partial charge in [0.2, 0.25) is 5.91 Å². The molecule has 0 bridgehead atoms. The van der Waals surface area contributed by atoms with Crippen LogP contribution >= 0.6 is 0 Å². The lowest BCUT2D eigenvalue weighted by molar-refractivity contribution is -0.140. The topological polar surface area (TPSA) is 98.1 Å². The molecule has 3 aromatic rings. The zero-order valence-corrected chi connectivity index (χ0v) is 18.4. The van der Waals surface area contributed by atoms with E-state index in [-0.39, 0.29) is 30.1 Å². The van der Waals surface area contributed by atoms with Gasteiger partial charge in [0.1, 0.15) is 11.4 Å². The lowest BCUT2D eigenvalue weighted by Gasteiger charge is -2.34. The van der Waals surface area contributed by atoms with E-state index in [1.807, 2.05) is 37.3 Å². The van der Waals surface area contributed by atoms with Crippen LogP contribution in [0.3, 0.4) is 0 Å². The zero-order valence-electron chi connectivity index (χ0n) is 18.4. The number of rotatable bonds is 5. The molecule has 1 N–H and O–H groups in total. The molecule has 0 aliphatic carbocycles. The fourth-order valence-electron chi connectivity index (χ4n) is 4.31. The van der Waals surface area contributed by atoms with Gasteiger partial charge in [-0.2, -0.15) is 0 Å². The van der Waals surface area contributed by atoms with Crippen LogP contribution in [0.4, 0.5) is 0 Å². The number of aromatic nitrogens is 2. The summed E-state index contributed by atoms with van der Waals surface area (Å²) in [7, 11) is 0. The van der Waals surface area contributed by atoms with Crippen LogP contribution < -0.4 is 10.9 Å². The van der Waals surface area contributed by atoms with Crippen LogP contribution in [0.2, 0.25) is 0 Å². The molecule has 1 aromatic heterocycles. The molecule has 1 saturated heterocycles. The smallest absolute Gasteiger partial charge is 0.262 e. The number of piperidine rings is 1. The first-order valence-corrected chi connectivity index (χ1v) is 10.7. The number of fused-ring (bicyclic) bond motifs is 1. The normalized spacial score (nSPS) is 18.6. The van der Waals surface area contributed by atoms with E-state index in [0.717, 1.165) is 11.1 Å². The van der Waals surface area contributed by atoms with Crippen LogP contribution in [0.1, 0.15) is 53.5 Å². The monoisotopic (exact) mass is 431 g/mol. The second kappa shape index (κ2) is 8.15. The Balaban J connectivity index is 1.67. The summed E-state index contributed by atoms with van der Waals surface area (Å²) >= 11 is 0. The van der Waals surface area contributed by atoms with Crippen molar-refractivity contribution in [2.75, 3.05) is 0 Å². The molecule has 2 amide bonds. The fraction of sp³-hybridized carbons (Fsp3) is 0.320. The number of benzene rings is 2. The summed E-state index contributed by atoms with van der Waals surface area (Å²) in [5.41, 5.74) is 1.58. The summed E-state index contributed by atoms with van der Waals surface area (Å²) in [4.78, 5) is 54.7. The predicted molar refractivity (Wildman–Crippen MR) is 121 cm³/mol. The minimum Gasteiger partial charge on any atom is -0.294 e. The first-order chi connectivity index (χ1) is 15.2. The number of imide groups is 1. The van der Waals surface area contributed by atoms with Crippen LogP contribution in [0.5, 0.6) is 0 Å². The second-order valence-electron chi connectivity index (χ2n) is 8.59. The maximum atomic E-state index is 13.4. The van der Waals surface area contributed by atoms with Gasteiger partial charge in [-0.15, -0.1) is 0 Å². The molecule has 0 radical (unpaired) electrons. The van der Waals surface area contributed by atoms with E-state index in [1.165, 1.54) is 4.57 Å². The summed E-state index contributed by atoms with van der Waals surface area (Å²) in [6.07, 6.45) is 1.20. The van der Waals surface area contributed by atoms with Crippen molar-refractivity contribution in [2.24, 2.45) is 0 Å². The Morgan fingerprint density at radius 3 is 2.62 bits per heavy atom. The highest BCUT2D eigenvalue weighted by atomic mass is 16.2. The average molecular weight is 431 g/mol. The van der Waals surface area contributed by atoms with Gasteiger partial charge >= 0.3 is 0 Å². The van der Waals surface area contributed by atoms with Gasteiger partial charge < -0.3 is 0 Å². The van der Waals surface area contributed by atoms with E-state index in [0.29, 0.717) is 35.1 Å². The third-order valence-electron chi connectivity index (χ3n) is 6.16. The van der Waals surface area contributed by atoms with Crippen molar-refractivity contribution in [3.63, 3.8) is 0 Å². The van der Waals surface area contributed by atoms with Crippen molar-refractivity contribution in [1.82, 2.24) is 14.9 Å². The number of ketones is 1. The second-order valence-corrected chi connectivity index (χ2v) is 8.59.